The van der Waals surface area contributed by atoms with E-state index in [1.165, 1.54) is 11.8 Å². The number of thioether (sulfide) groups is 1. The maximum Gasteiger partial charge on any atom is 0.238 e. The zero-order chi connectivity index (χ0) is 18.6. The fraction of sp³-hybridized carbons (Fsp3) is 0.150. The predicted molar refractivity (Wildman–Crippen MR) is 103 cm³/mol. The summed E-state index contributed by atoms with van der Waals surface area (Å²) < 4.78 is 5.32. The van der Waals surface area contributed by atoms with Crippen molar-refractivity contribution in [2.24, 2.45) is 0 Å². The smallest absolute Gasteiger partial charge is 0.238 e. The summed E-state index contributed by atoms with van der Waals surface area (Å²) >= 11 is 1.41. The Morgan fingerprint density at radius 1 is 1.15 bits per heavy atom. The molecule has 6 nitrogen and oxygen atoms in total. The quantitative estimate of drug-likeness (QED) is 0.709. The third kappa shape index (κ3) is 4.03. The van der Waals surface area contributed by atoms with Gasteiger partial charge in [0.15, 0.2) is 5.76 Å². The number of benzene rings is 2. The molecule has 2 amide bonds. The van der Waals surface area contributed by atoms with Crippen LogP contribution in [-0.4, -0.2) is 22.2 Å². The number of para-hydroxylation sites is 1. The highest BCUT2D eigenvalue weighted by atomic mass is 32.2. The van der Waals surface area contributed by atoms with Crippen LogP contribution in [0.3, 0.4) is 0 Å². The van der Waals surface area contributed by atoms with Gasteiger partial charge < -0.3 is 15.2 Å². The van der Waals surface area contributed by atoms with Gasteiger partial charge in [-0.1, -0.05) is 47.6 Å². The third-order valence-electron chi connectivity index (χ3n) is 4.16. The lowest BCUT2D eigenvalue weighted by atomic mass is 10.1. The molecule has 2 N–H and O–H groups in total. The Morgan fingerprint density at radius 2 is 1.93 bits per heavy atom. The average Bonchev–Trinajstić information content (AvgIpc) is 3.17. The number of hydrogen-bond donors (Lipinski definition) is 2. The zero-order valence-electron chi connectivity index (χ0n) is 14.3. The van der Waals surface area contributed by atoms with Gasteiger partial charge in [0.2, 0.25) is 11.8 Å². The van der Waals surface area contributed by atoms with E-state index >= 15 is 0 Å². The van der Waals surface area contributed by atoms with E-state index in [9.17, 15) is 9.59 Å². The van der Waals surface area contributed by atoms with Crippen LogP contribution >= 0.6 is 11.8 Å². The molecule has 1 aliphatic rings. The molecule has 1 aliphatic heterocycles. The molecule has 0 fully saturated rings. The lowest BCUT2D eigenvalue weighted by Gasteiger charge is -2.23. The van der Waals surface area contributed by atoms with Crippen molar-refractivity contribution in [2.75, 3.05) is 5.32 Å². The second kappa shape index (κ2) is 7.67. The van der Waals surface area contributed by atoms with Gasteiger partial charge in [0, 0.05) is 22.9 Å². The van der Waals surface area contributed by atoms with Crippen molar-refractivity contribution < 1.29 is 14.1 Å². The third-order valence-corrected chi connectivity index (χ3v) is 5.44. The van der Waals surface area contributed by atoms with Crippen molar-refractivity contribution in [3.63, 3.8) is 0 Å². The van der Waals surface area contributed by atoms with Gasteiger partial charge in [-0.2, -0.15) is 0 Å². The molecule has 136 valence electrons. The average molecular weight is 379 g/mol. The van der Waals surface area contributed by atoms with Crippen molar-refractivity contribution in [1.82, 2.24) is 10.5 Å². The summed E-state index contributed by atoms with van der Waals surface area (Å²) in [5.41, 5.74) is 2.35. The minimum Gasteiger partial charge on any atom is -0.356 e. The minimum absolute atomic E-state index is 0.105. The highest BCUT2D eigenvalue weighted by Crippen LogP contribution is 2.36. The normalized spacial score (nSPS) is 15.7. The summed E-state index contributed by atoms with van der Waals surface area (Å²) in [5.74, 6) is 0.298. The summed E-state index contributed by atoms with van der Waals surface area (Å²) in [7, 11) is 0. The number of hydrogen-bond acceptors (Lipinski definition) is 5. The van der Waals surface area contributed by atoms with E-state index < -0.39 is 5.25 Å². The summed E-state index contributed by atoms with van der Waals surface area (Å²) in [6, 6.07) is 19.0. The summed E-state index contributed by atoms with van der Waals surface area (Å²) in [5, 5.41) is 9.18. The first-order valence-electron chi connectivity index (χ1n) is 8.53. The number of amides is 2. The van der Waals surface area contributed by atoms with E-state index in [4.69, 9.17) is 4.52 Å². The van der Waals surface area contributed by atoms with Gasteiger partial charge in [-0.25, -0.2) is 0 Å². The van der Waals surface area contributed by atoms with Gasteiger partial charge in [0.25, 0.3) is 0 Å². The first kappa shape index (κ1) is 17.4. The van der Waals surface area contributed by atoms with E-state index in [0.29, 0.717) is 11.5 Å². The minimum atomic E-state index is -0.447. The van der Waals surface area contributed by atoms with Crippen LogP contribution in [0, 0.1) is 0 Å². The molecule has 2 heterocycles. The molecule has 0 saturated heterocycles. The van der Waals surface area contributed by atoms with Gasteiger partial charge in [-0.3, -0.25) is 9.59 Å². The number of nitrogens with zero attached hydrogens (tertiary/aromatic N) is 1. The lowest BCUT2D eigenvalue weighted by Crippen LogP contribution is -2.34. The topological polar surface area (TPSA) is 84.2 Å². The van der Waals surface area contributed by atoms with Gasteiger partial charge >= 0.3 is 0 Å². The number of rotatable bonds is 5. The Bertz CT molecular complexity index is 971. The molecule has 1 atom stereocenters. The largest absolute Gasteiger partial charge is 0.356 e. The van der Waals surface area contributed by atoms with Crippen LogP contribution in [0.25, 0.3) is 11.3 Å². The van der Waals surface area contributed by atoms with Crippen LogP contribution in [0.5, 0.6) is 0 Å². The molecule has 0 aliphatic carbocycles. The SMILES string of the molecule is O=C(CC1Sc2ccccc2NC1=O)NCc1cc(-c2ccccc2)on1. The molecular formula is C20H17N3O3S. The zero-order valence-corrected chi connectivity index (χ0v) is 15.2. The molecule has 4 rings (SSSR count). The van der Waals surface area contributed by atoms with Gasteiger partial charge in [0.05, 0.1) is 17.5 Å². The van der Waals surface area contributed by atoms with Crippen LogP contribution in [0.1, 0.15) is 12.1 Å². The predicted octanol–water partition coefficient (Wildman–Crippen LogP) is 3.46. The van der Waals surface area contributed by atoms with E-state index in [1.807, 2.05) is 54.6 Å². The number of anilines is 1. The molecule has 0 saturated carbocycles. The number of nitrogens with one attached hydrogen (secondary N) is 2. The molecule has 7 heteroatoms. The fourth-order valence-electron chi connectivity index (χ4n) is 2.79. The summed E-state index contributed by atoms with van der Waals surface area (Å²) in [4.78, 5) is 25.4. The van der Waals surface area contributed by atoms with E-state index in [0.717, 1.165) is 16.1 Å². The van der Waals surface area contributed by atoms with Crippen molar-refractivity contribution in [3.8, 4) is 11.3 Å². The van der Waals surface area contributed by atoms with Crippen molar-refractivity contribution in [1.29, 1.82) is 0 Å². The van der Waals surface area contributed by atoms with Crippen molar-refractivity contribution in [2.45, 2.75) is 23.1 Å². The molecule has 0 radical (unpaired) electrons. The molecule has 2 aromatic carbocycles. The number of fused-ring (bicyclic) bond motifs is 1. The lowest BCUT2D eigenvalue weighted by molar-refractivity contribution is -0.124. The molecular weight excluding hydrogens is 362 g/mol. The Morgan fingerprint density at radius 3 is 2.78 bits per heavy atom. The molecule has 0 bridgehead atoms. The Balaban J connectivity index is 1.33. The first-order valence-corrected chi connectivity index (χ1v) is 9.41. The highest BCUT2D eigenvalue weighted by molar-refractivity contribution is 8.01. The monoisotopic (exact) mass is 379 g/mol. The maximum absolute atomic E-state index is 12.3. The second-order valence-electron chi connectivity index (χ2n) is 6.12. The molecule has 0 spiro atoms. The van der Waals surface area contributed by atoms with Gasteiger partial charge in [0.1, 0.15) is 5.69 Å². The summed E-state index contributed by atoms with van der Waals surface area (Å²) in [6.07, 6.45) is 0.105. The molecule has 27 heavy (non-hydrogen) atoms. The van der Waals surface area contributed by atoms with Crippen LogP contribution < -0.4 is 10.6 Å². The maximum atomic E-state index is 12.3. The molecule has 1 aromatic heterocycles. The fourth-order valence-corrected chi connectivity index (χ4v) is 3.90. The van der Waals surface area contributed by atoms with Gasteiger partial charge in [-0.15, -0.1) is 11.8 Å². The van der Waals surface area contributed by atoms with Crippen LogP contribution in [0.4, 0.5) is 5.69 Å². The highest BCUT2D eigenvalue weighted by Gasteiger charge is 2.28. The summed E-state index contributed by atoms with van der Waals surface area (Å²) in [6.45, 7) is 0.255. The second-order valence-corrected chi connectivity index (χ2v) is 7.37. The van der Waals surface area contributed by atoms with Gasteiger partial charge in [-0.05, 0) is 12.1 Å². The first-order chi connectivity index (χ1) is 13.2. The standard InChI is InChI=1S/C20H17N3O3S/c24-19(11-18-20(25)22-15-8-4-5-9-17(15)27-18)21-12-14-10-16(26-23-14)13-6-2-1-3-7-13/h1-10,18H,11-12H2,(H,21,24)(H,22,25). The molecule has 3 aromatic rings. The van der Waals surface area contributed by atoms with Crippen molar-refractivity contribution >= 4 is 29.3 Å². The van der Waals surface area contributed by atoms with Crippen LogP contribution in [-0.2, 0) is 16.1 Å². The van der Waals surface area contributed by atoms with E-state index in [2.05, 4.69) is 15.8 Å². The Labute approximate surface area is 160 Å². The van der Waals surface area contributed by atoms with Crippen LogP contribution in [0.2, 0.25) is 0 Å². The number of carbonyl (C=O) groups excluding carboxylic acids is 2. The Kier molecular flexibility index (Phi) is 4.93. The number of carbonyl (C=O) groups is 2. The Hall–Kier alpha value is -3.06. The molecule has 1 unspecified atom stereocenters. The van der Waals surface area contributed by atoms with E-state index in [-0.39, 0.29) is 24.8 Å². The van der Waals surface area contributed by atoms with E-state index in [1.54, 1.807) is 6.07 Å². The van der Waals surface area contributed by atoms with Crippen LogP contribution in [0.15, 0.2) is 70.1 Å². The van der Waals surface area contributed by atoms with Crippen molar-refractivity contribution in [3.05, 3.63) is 66.4 Å². The number of aromatic nitrogens is 1.